The van der Waals surface area contributed by atoms with Gasteiger partial charge in [-0.3, -0.25) is 19.7 Å². The Kier molecular flexibility index (Phi) is 6.00. The zero-order valence-electron chi connectivity index (χ0n) is 11.8. The van der Waals surface area contributed by atoms with Gasteiger partial charge in [0.25, 0.3) is 5.69 Å². The number of carbonyl (C=O) groups is 3. The highest BCUT2D eigenvalue weighted by atomic mass is 35.5. The number of anilines is 1. The number of nitro groups is 1. The number of hydrogen-bond acceptors (Lipinski definition) is 7. The quantitative estimate of drug-likeness (QED) is 0.368. The summed E-state index contributed by atoms with van der Waals surface area (Å²) in [5.41, 5.74) is -0.562. The number of nitrogens with one attached hydrogen (secondary N) is 1. The van der Waals surface area contributed by atoms with E-state index in [0.717, 1.165) is 13.0 Å². The lowest BCUT2D eigenvalue weighted by molar-refractivity contribution is -0.384. The van der Waals surface area contributed by atoms with Crippen LogP contribution in [0.1, 0.15) is 30.6 Å². The maximum absolute atomic E-state index is 11.8. The Morgan fingerprint density at radius 2 is 2.00 bits per heavy atom. The first-order valence-corrected chi connectivity index (χ1v) is 6.60. The van der Waals surface area contributed by atoms with Crippen molar-refractivity contribution in [3.63, 3.8) is 0 Å². The van der Waals surface area contributed by atoms with E-state index in [9.17, 15) is 24.5 Å². The second kappa shape index (κ2) is 7.51. The van der Waals surface area contributed by atoms with Gasteiger partial charge in [0.1, 0.15) is 17.9 Å². The Morgan fingerprint density at radius 3 is 2.50 bits per heavy atom. The number of Topliss-reactive ketones (excluding diaryl/α,β-unsaturated/α-hetero) is 1. The summed E-state index contributed by atoms with van der Waals surface area (Å²) in [6, 6.07) is 2.12. The van der Waals surface area contributed by atoms with Gasteiger partial charge in [-0.05, 0) is 19.9 Å². The van der Waals surface area contributed by atoms with Crippen LogP contribution in [-0.4, -0.2) is 29.2 Å². The number of ketones is 1. The molecule has 0 unspecified atom stereocenters. The average Bonchev–Trinajstić information content (AvgIpc) is 2.37. The zero-order valence-corrected chi connectivity index (χ0v) is 12.6. The fraction of sp³-hybridized carbons (Fsp3) is 0.308. The van der Waals surface area contributed by atoms with Crippen LogP contribution in [0.3, 0.4) is 0 Å². The zero-order chi connectivity index (χ0) is 16.9. The number of benzene rings is 1. The molecule has 0 aliphatic carbocycles. The van der Waals surface area contributed by atoms with Gasteiger partial charge in [-0.15, -0.1) is 0 Å². The number of nitrogens with zero attached hydrogens (tertiary/aromatic N) is 1. The molecule has 0 heterocycles. The largest absolute Gasteiger partial charge is 0.389 e. The van der Waals surface area contributed by atoms with E-state index in [1.54, 1.807) is 6.92 Å². The van der Waals surface area contributed by atoms with Gasteiger partial charge in [-0.25, -0.2) is 4.79 Å². The summed E-state index contributed by atoms with van der Waals surface area (Å²) in [5, 5.41) is 13.6. The van der Waals surface area contributed by atoms with Crippen molar-refractivity contribution >= 4 is 40.7 Å². The third kappa shape index (κ3) is 4.52. The van der Waals surface area contributed by atoms with Crippen molar-refractivity contribution in [2.45, 2.75) is 20.3 Å². The van der Waals surface area contributed by atoms with Crippen LogP contribution in [0, 0.1) is 10.1 Å². The Bertz CT molecular complexity index is 644. The molecular formula is C13H13ClN2O6. The molecule has 118 valence electrons. The topological polar surface area (TPSA) is 116 Å². The van der Waals surface area contributed by atoms with E-state index in [2.05, 4.69) is 10.1 Å². The predicted octanol–water partition coefficient (Wildman–Crippen LogP) is 2.34. The Morgan fingerprint density at radius 1 is 1.36 bits per heavy atom. The summed E-state index contributed by atoms with van der Waals surface area (Å²) >= 11 is 5.88. The highest BCUT2D eigenvalue weighted by Crippen LogP contribution is 2.31. The van der Waals surface area contributed by atoms with Crippen molar-refractivity contribution in [3.05, 3.63) is 32.8 Å². The summed E-state index contributed by atoms with van der Waals surface area (Å²) in [6.45, 7) is 3.31. The van der Waals surface area contributed by atoms with Crippen LogP contribution in [0.4, 0.5) is 11.4 Å². The standard InChI is InChI=1S/C13H13ClN2O6/c1-3-15-10-6-9(14)8(5-11(10)16(20)21)13(19)22-12(18)4-7(2)17/h5-6,15H,3-4H2,1-2H3. The van der Waals surface area contributed by atoms with Crippen LogP contribution < -0.4 is 5.32 Å². The van der Waals surface area contributed by atoms with Gasteiger partial charge in [0.05, 0.1) is 15.5 Å². The predicted molar refractivity (Wildman–Crippen MR) is 78.0 cm³/mol. The molecule has 0 bridgehead atoms. The van der Waals surface area contributed by atoms with Crippen molar-refractivity contribution in [2.75, 3.05) is 11.9 Å². The molecule has 1 aromatic carbocycles. The van der Waals surface area contributed by atoms with E-state index in [0.29, 0.717) is 6.54 Å². The first-order chi connectivity index (χ1) is 10.3. The summed E-state index contributed by atoms with van der Waals surface area (Å²) in [7, 11) is 0. The van der Waals surface area contributed by atoms with Crippen LogP contribution in [0.5, 0.6) is 0 Å². The Labute approximate surface area is 130 Å². The van der Waals surface area contributed by atoms with Crippen LogP contribution in [-0.2, 0) is 14.3 Å². The highest BCUT2D eigenvalue weighted by Gasteiger charge is 2.23. The van der Waals surface area contributed by atoms with E-state index in [1.165, 1.54) is 6.07 Å². The molecule has 0 atom stereocenters. The Hall–Kier alpha value is -2.48. The second-order valence-corrected chi connectivity index (χ2v) is 4.68. The number of ether oxygens (including phenoxy) is 1. The van der Waals surface area contributed by atoms with Crippen LogP contribution >= 0.6 is 11.6 Å². The van der Waals surface area contributed by atoms with E-state index >= 15 is 0 Å². The van der Waals surface area contributed by atoms with Gasteiger partial charge in [0.2, 0.25) is 0 Å². The Balaban J connectivity index is 3.11. The summed E-state index contributed by atoms with van der Waals surface area (Å²) < 4.78 is 4.44. The summed E-state index contributed by atoms with van der Waals surface area (Å²) in [4.78, 5) is 44.2. The van der Waals surface area contributed by atoms with Crippen molar-refractivity contribution in [1.29, 1.82) is 0 Å². The molecule has 1 N–H and O–H groups in total. The molecule has 0 amide bonds. The third-order valence-corrected chi connectivity index (χ3v) is 2.78. The van der Waals surface area contributed by atoms with Gasteiger partial charge in [-0.1, -0.05) is 11.6 Å². The molecule has 0 saturated carbocycles. The number of halogens is 1. The lowest BCUT2D eigenvalue weighted by Crippen LogP contribution is -2.15. The number of rotatable bonds is 6. The SMILES string of the molecule is CCNc1cc(Cl)c(C(=O)OC(=O)CC(C)=O)cc1[N+](=O)[O-]. The summed E-state index contributed by atoms with van der Waals surface area (Å²) in [5.74, 6) is -2.67. The van der Waals surface area contributed by atoms with E-state index in [1.807, 2.05) is 0 Å². The average molecular weight is 329 g/mol. The lowest BCUT2D eigenvalue weighted by Gasteiger charge is -2.08. The molecule has 1 rings (SSSR count). The van der Waals surface area contributed by atoms with Crippen molar-refractivity contribution < 1.29 is 24.0 Å². The minimum Gasteiger partial charge on any atom is -0.389 e. The van der Waals surface area contributed by atoms with Crippen molar-refractivity contribution in [1.82, 2.24) is 0 Å². The number of nitro benzene ring substituents is 1. The molecular weight excluding hydrogens is 316 g/mol. The number of carbonyl (C=O) groups excluding carboxylic acids is 3. The maximum Gasteiger partial charge on any atom is 0.347 e. The van der Waals surface area contributed by atoms with Gasteiger partial charge >= 0.3 is 11.9 Å². The molecule has 8 nitrogen and oxygen atoms in total. The first kappa shape index (κ1) is 17.6. The van der Waals surface area contributed by atoms with E-state index < -0.39 is 29.1 Å². The molecule has 0 aliphatic rings. The number of hydrogen-bond donors (Lipinski definition) is 1. The second-order valence-electron chi connectivity index (χ2n) is 4.28. The van der Waals surface area contributed by atoms with Gasteiger partial charge < -0.3 is 10.1 Å². The van der Waals surface area contributed by atoms with Crippen molar-refractivity contribution in [2.24, 2.45) is 0 Å². The van der Waals surface area contributed by atoms with Gasteiger partial charge in [-0.2, -0.15) is 0 Å². The van der Waals surface area contributed by atoms with Crippen molar-refractivity contribution in [3.8, 4) is 0 Å². The monoisotopic (exact) mass is 328 g/mol. The molecule has 22 heavy (non-hydrogen) atoms. The van der Waals surface area contributed by atoms with Crippen LogP contribution in [0.15, 0.2) is 12.1 Å². The molecule has 0 radical (unpaired) electrons. The highest BCUT2D eigenvalue weighted by molar-refractivity contribution is 6.34. The van der Waals surface area contributed by atoms with Gasteiger partial charge in [0, 0.05) is 12.6 Å². The van der Waals surface area contributed by atoms with Gasteiger partial charge in [0.15, 0.2) is 0 Å². The minimum atomic E-state index is -1.15. The minimum absolute atomic E-state index is 0.109. The van der Waals surface area contributed by atoms with Crippen LogP contribution in [0.25, 0.3) is 0 Å². The molecule has 0 saturated heterocycles. The normalized spacial score (nSPS) is 9.95. The third-order valence-electron chi connectivity index (χ3n) is 2.47. The molecule has 0 fully saturated rings. The molecule has 0 aliphatic heterocycles. The molecule has 0 aromatic heterocycles. The molecule has 9 heteroatoms. The summed E-state index contributed by atoms with van der Waals surface area (Å²) in [6.07, 6.45) is -0.569. The van der Waals surface area contributed by atoms with Crippen LogP contribution in [0.2, 0.25) is 5.02 Å². The molecule has 0 spiro atoms. The fourth-order valence-corrected chi connectivity index (χ4v) is 1.84. The first-order valence-electron chi connectivity index (χ1n) is 6.22. The van der Waals surface area contributed by atoms with E-state index in [4.69, 9.17) is 11.6 Å². The number of esters is 2. The smallest absolute Gasteiger partial charge is 0.347 e. The molecule has 1 aromatic rings. The fourth-order valence-electron chi connectivity index (χ4n) is 1.60. The maximum atomic E-state index is 11.8. The lowest BCUT2D eigenvalue weighted by atomic mass is 10.1. The van der Waals surface area contributed by atoms with E-state index in [-0.39, 0.29) is 22.0 Å².